The van der Waals surface area contributed by atoms with Crippen LogP contribution in [0.15, 0.2) is 59.8 Å². The molecule has 0 saturated carbocycles. The van der Waals surface area contributed by atoms with Gasteiger partial charge in [0.2, 0.25) is 11.1 Å². The second-order valence-electron chi connectivity index (χ2n) is 5.77. The number of ether oxygens (including phenoxy) is 1. The molecule has 3 aromatic rings. The van der Waals surface area contributed by atoms with Gasteiger partial charge in [0.25, 0.3) is 0 Å². The first kappa shape index (κ1) is 21.3. The van der Waals surface area contributed by atoms with Crippen molar-refractivity contribution in [1.82, 2.24) is 25.5 Å². The van der Waals surface area contributed by atoms with Gasteiger partial charge in [-0.25, -0.2) is 0 Å². The monoisotopic (exact) mass is 437 g/mol. The number of amides is 1. The predicted molar refractivity (Wildman–Crippen MR) is 100 cm³/mol. The van der Waals surface area contributed by atoms with Gasteiger partial charge in [-0.3, -0.25) is 9.59 Å². The molecule has 1 aromatic heterocycles. The predicted octanol–water partition coefficient (Wildman–Crippen LogP) is 2.65. The Morgan fingerprint density at radius 3 is 2.43 bits per heavy atom. The molecule has 0 aliphatic heterocycles. The zero-order valence-electron chi connectivity index (χ0n) is 15.2. The molecule has 156 valence electrons. The number of Topliss-reactive ketones (excluding diaryl/α,β-unsaturated/α-hetero) is 1. The summed E-state index contributed by atoms with van der Waals surface area (Å²) in [5.74, 6) is -1.05. The van der Waals surface area contributed by atoms with E-state index >= 15 is 0 Å². The lowest BCUT2D eigenvalue weighted by Gasteiger charge is -2.09. The molecule has 1 N–H and O–H groups in total. The third-order valence-corrected chi connectivity index (χ3v) is 4.55. The van der Waals surface area contributed by atoms with Gasteiger partial charge in [-0.05, 0) is 34.7 Å². The molecule has 0 saturated heterocycles. The second-order valence-corrected chi connectivity index (χ2v) is 6.71. The highest BCUT2D eigenvalue weighted by Crippen LogP contribution is 2.24. The largest absolute Gasteiger partial charge is 0.573 e. The van der Waals surface area contributed by atoms with Crippen LogP contribution in [-0.2, 0) is 4.79 Å². The smallest absolute Gasteiger partial charge is 0.406 e. The van der Waals surface area contributed by atoms with E-state index in [1.165, 1.54) is 16.8 Å². The minimum atomic E-state index is -4.79. The number of hydrogen-bond acceptors (Lipinski definition) is 7. The van der Waals surface area contributed by atoms with E-state index < -0.39 is 12.3 Å². The Kier molecular flexibility index (Phi) is 6.67. The standard InChI is InChI=1S/C18H14F3N5O3S/c19-18(20,21)29-14-8-6-13(7-9-14)26-17(23-24-25-26)30-11-16(28)22-10-15(27)12-4-2-1-3-5-12/h1-9H,10-11H2,(H,22,28). The normalized spacial score (nSPS) is 11.2. The van der Waals surface area contributed by atoms with Crippen molar-refractivity contribution in [3.8, 4) is 11.4 Å². The Morgan fingerprint density at radius 2 is 1.77 bits per heavy atom. The molecule has 8 nitrogen and oxygen atoms in total. The number of nitrogens with zero attached hydrogens (tertiary/aromatic N) is 4. The minimum Gasteiger partial charge on any atom is -0.406 e. The Balaban J connectivity index is 1.54. The van der Waals surface area contributed by atoms with Crippen molar-refractivity contribution in [2.24, 2.45) is 0 Å². The fraction of sp³-hybridized carbons (Fsp3) is 0.167. The van der Waals surface area contributed by atoms with Crippen LogP contribution >= 0.6 is 11.8 Å². The van der Waals surface area contributed by atoms with Crippen molar-refractivity contribution in [1.29, 1.82) is 0 Å². The van der Waals surface area contributed by atoms with Gasteiger partial charge >= 0.3 is 6.36 Å². The Morgan fingerprint density at radius 1 is 1.07 bits per heavy atom. The average molecular weight is 437 g/mol. The van der Waals surface area contributed by atoms with Gasteiger partial charge in [0.15, 0.2) is 5.78 Å². The van der Waals surface area contributed by atoms with Crippen molar-refractivity contribution in [3.05, 3.63) is 60.2 Å². The molecular formula is C18H14F3N5O3S. The van der Waals surface area contributed by atoms with Gasteiger partial charge in [-0.15, -0.1) is 18.3 Å². The highest BCUT2D eigenvalue weighted by atomic mass is 32.2. The van der Waals surface area contributed by atoms with E-state index in [0.717, 1.165) is 23.9 Å². The number of rotatable bonds is 8. The molecule has 0 atom stereocenters. The van der Waals surface area contributed by atoms with Crippen LogP contribution in [0.5, 0.6) is 5.75 Å². The molecule has 12 heteroatoms. The maximum absolute atomic E-state index is 12.2. The first-order valence-corrected chi connectivity index (χ1v) is 9.43. The summed E-state index contributed by atoms with van der Waals surface area (Å²) in [6, 6.07) is 13.5. The van der Waals surface area contributed by atoms with Crippen LogP contribution in [0.25, 0.3) is 5.69 Å². The molecule has 0 radical (unpaired) electrons. The third kappa shape index (κ3) is 6.04. The summed E-state index contributed by atoms with van der Waals surface area (Å²) >= 11 is 1.01. The lowest BCUT2D eigenvalue weighted by atomic mass is 10.1. The number of aromatic nitrogens is 4. The van der Waals surface area contributed by atoms with Gasteiger partial charge in [0, 0.05) is 5.56 Å². The fourth-order valence-electron chi connectivity index (χ4n) is 2.31. The molecule has 2 aromatic carbocycles. The van der Waals surface area contributed by atoms with Crippen LogP contribution in [0.4, 0.5) is 13.2 Å². The number of ketones is 1. The van der Waals surface area contributed by atoms with Crippen LogP contribution < -0.4 is 10.1 Å². The summed E-state index contributed by atoms with van der Waals surface area (Å²) in [6.45, 7) is -0.144. The molecule has 1 heterocycles. The number of thioether (sulfide) groups is 1. The van der Waals surface area contributed by atoms with Crippen molar-refractivity contribution < 1.29 is 27.5 Å². The number of carbonyl (C=O) groups is 2. The van der Waals surface area contributed by atoms with Crippen LogP contribution in [-0.4, -0.2) is 50.6 Å². The van der Waals surface area contributed by atoms with E-state index in [2.05, 4.69) is 25.6 Å². The average Bonchev–Trinajstić information content (AvgIpc) is 3.19. The van der Waals surface area contributed by atoms with E-state index in [1.807, 2.05) is 0 Å². The maximum atomic E-state index is 12.2. The molecule has 0 bridgehead atoms. The van der Waals surface area contributed by atoms with E-state index in [-0.39, 0.29) is 29.0 Å². The van der Waals surface area contributed by atoms with Gasteiger partial charge < -0.3 is 10.1 Å². The molecule has 0 fully saturated rings. The highest BCUT2D eigenvalue weighted by Gasteiger charge is 2.31. The van der Waals surface area contributed by atoms with E-state index in [9.17, 15) is 22.8 Å². The summed E-state index contributed by atoms with van der Waals surface area (Å²) in [6.07, 6.45) is -4.79. The first-order valence-electron chi connectivity index (χ1n) is 8.44. The first-order chi connectivity index (χ1) is 14.3. The maximum Gasteiger partial charge on any atom is 0.573 e. The van der Waals surface area contributed by atoms with Crippen molar-refractivity contribution >= 4 is 23.5 Å². The summed E-state index contributed by atoms with van der Waals surface area (Å²) in [4.78, 5) is 24.0. The van der Waals surface area contributed by atoms with E-state index in [4.69, 9.17) is 0 Å². The van der Waals surface area contributed by atoms with Crippen LogP contribution in [0.3, 0.4) is 0 Å². The van der Waals surface area contributed by atoms with Crippen LogP contribution in [0.1, 0.15) is 10.4 Å². The Hall–Kier alpha value is -3.41. The highest BCUT2D eigenvalue weighted by molar-refractivity contribution is 7.99. The quantitative estimate of drug-likeness (QED) is 0.427. The lowest BCUT2D eigenvalue weighted by molar-refractivity contribution is -0.274. The van der Waals surface area contributed by atoms with Crippen LogP contribution in [0, 0.1) is 0 Å². The number of carbonyl (C=O) groups excluding carboxylic acids is 2. The molecule has 0 unspecified atom stereocenters. The molecule has 0 aliphatic carbocycles. The van der Waals surface area contributed by atoms with E-state index in [0.29, 0.717) is 11.3 Å². The number of benzene rings is 2. The van der Waals surface area contributed by atoms with Crippen molar-refractivity contribution in [2.75, 3.05) is 12.3 Å². The molecule has 0 aliphatic rings. The van der Waals surface area contributed by atoms with Crippen molar-refractivity contribution in [2.45, 2.75) is 11.5 Å². The summed E-state index contributed by atoms with van der Waals surface area (Å²) in [5, 5.41) is 13.9. The molecule has 0 spiro atoms. The summed E-state index contributed by atoms with van der Waals surface area (Å²) in [5.41, 5.74) is 0.879. The van der Waals surface area contributed by atoms with Gasteiger partial charge in [0.05, 0.1) is 18.0 Å². The Bertz CT molecular complexity index is 1010. The van der Waals surface area contributed by atoms with E-state index in [1.54, 1.807) is 30.3 Å². The summed E-state index contributed by atoms with van der Waals surface area (Å²) in [7, 11) is 0. The molecule has 3 rings (SSSR count). The third-order valence-electron chi connectivity index (χ3n) is 3.63. The molecule has 1 amide bonds. The molecular weight excluding hydrogens is 423 g/mol. The van der Waals surface area contributed by atoms with Gasteiger partial charge in [0.1, 0.15) is 5.75 Å². The minimum absolute atomic E-state index is 0.0578. The van der Waals surface area contributed by atoms with Crippen LogP contribution in [0.2, 0.25) is 0 Å². The zero-order chi connectivity index (χ0) is 21.6. The number of tetrazole rings is 1. The zero-order valence-corrected chi connectivity index (χ0v) is 16.0. The Labute approximate surface area is 172 Å². The number of hydrogen-bond donors (Lipinski definition) is 1. The van der Waals surface area contributed by atoms with Gasteiger partial charge in [-0.2, -0.15) is 4.68 Å². The summed E-state index contributed by atoms with van der Waals surface area (Å²) < 4.78 is 41.8. The SMILES string of the molecule is O=C(CSc1nnnn1-c1ccc(OC(F)(F)F)cc1)NCC(=O)c1ccccc1. The number of alkyl halides is 3. The molecule has 30 heavy (non-hydrogen) atoms. The van der Waals surface area contributed by atoms with Crippen molar-refractivity contribution in [3.63, 3.8) is 0 Å². The van der Waals surface area contributed by atoms with Gasteiger partial charge in [-0.1, -0.05) is 42.1 Å². The fourth-order valence-corrected chi connectivity index (χ4v) is 3.03. The second kappa shape index (κ2) is 9.39. The topological polar surface area (TPSA) is 99.0 Å². The number of halogens is 3. The lowest BCUT2D eigenvalue weighted by Crippen LogP contribution is -2.30. The number of nitrogens with one attached hydrogen (secondary N) is 1.